The second-order valence-corrected chi connectivity index (χ2v) is 10.4. The molecule has 0 aliphatic carbocycles. The maximum Gasteiger partial charge on any atom is 0.352 e. The van der Waals surface area contributed by atoms with Crippen LogP contribution in [-0.4, -0.2) is 78.4 Å². The number of β-lactam (4-membered cyclic amide) rings is 1. The molecule has 2 fully saturated rings. The molecule has 0 spiro atoms. The topological polar surface area (TPSA) is 199 Å². The van der Waals surface area contributed by atoms with Crippen molar-refractivity contribution >= 4 is 63.3 Å². The number of carbonyl (C=O) groups is 4. The number of phenols is 1. The number of hydrogen-bond donors (Lipinski definition) is 5. The minimum Gasteiger partial charge on any atom is -0.508 e. The number of allylic oxidation sites excluding steroid dienone is 1. The molecule has 6 N–H and O–H groups in total. The molecule has 15 heteroatoms. The molecule has 0 unspecified atom stereocenters. The van der Waals surface area contributed by atoms with Crippen molar-refractivity contribution in [3.8, 4) is 5.75 Å². The first-order valence-electron chi connectivity index (χ1n) is 11.2. The van der Waals surface area contributed by atoms with Gasteiger partial charge in [-0.1, -0.05) is 5.16 Å². The van der Waals surface area contributed by atoms with E-state index < -0.39 is 34.9 Å². The number of nitrogens with zero attached hydrogens (tertiary/aromatic N) is 4. The van der Waals surface area contributed by atoms with E-state index in [9.17, 15) is 34.6 Å². The number of nitrogens with two attached hydrogens (primary N) is 1. The fourth-order valence-electron chi connectivity index (χ4n) is 4.41. The molecule has 2 saturated heterocycles. The number of carbonyl (C=O) groups excluding carboxylic acids is 3. The molecule has 13 nitrogen and oxygen atoms in total. The number of thioether (sulfide) groups is 1. The number of amides is 3. The van der Waals surface area contributed by atoms with Gasteiger partial charge in [0.05, 0.1) is 0 Å². The number of phenolic OH excluding ortho intramolecular Hbond substituents is 1. The maximum absolute atomic E-state index is 13.0. The normalized spacial score (nSPS) is 22.5. The number of rotatable bonds is 6. The monoisotopic (exact) mass is 556 g/mol. The Kier molecular flexibility index (Phi) is 6.54. The van der Waals surface area contributed by atoms with Gasteiger partial charge < -0.3 is 31.4 Å². The number of fused-ring (bicyclic) bond motifs is 1. The number of nitrogens with one attached hydrogen (secondary N) is 1. The first-order chi connectivity index (χ1) is 18.2. The third-order valence-electron chi connectivity index (χ3n) is 6.20. The molecule has 3 aliphatic heterocycles. The summed E-state index contributed by atoms with van der Waals surface area (Å²) in [6.45, 7) is 0.386. The summed E-state index contributed by atoms with van der Waals surface area (Å²) >= 11 is 2.28. The van der Waals surface area contributed by atoms with Gasteiger partial charge in [-0.15, -0.1) is 23.1 Å². The Morgan fingerprint density at radius 3 is 2.61 bits per heavy atom. The van der Waals surface area contributed by atoms with E-state index in [4.69, 9.17) is 5.73 Å². The summed E-state index contributed by atoms with van der Waals surface area (Å²) in [5, 5.41) is 35.0. The second kappa shape index (κ2) is 9.83. The summed E-state index contributed by atoms with van der Waals surface area (Å²) in [4.78, 5) is 57.3. The number of aromatic nitrogens is 1. The first-order valence-corrected chi connectivity index (χ1v) is 13.1. The average Bonchev–Trinajstić information content (AvgIpc) is 3.48. The number of oxime groups is 1. The number of thiazole rings is 1. The molecule has 2 aromatic rings. The zero-order chi connectivity index (χ0) is 27.1. The molecule has 1 aromatic carbocycles. The zero-order valence-corrected chi connectivity index (χ0v) is 21.0. The van der Waals surface area contributed by atoms with Crippen LogP contribution in [0.4, 0.5) is 10.8 Å². The molecule has 4 heterocycles. The van der Waals surface area contributed by atoms with Gasteiger partial charge >= 0.3 is 5.97 Å². The molecule has 3 amide bonds. The van der Waals surface area contributed by atoms with Crippen LogP contribution in [0.3, 0.4) is 0 Å². The quantitative estimate of drug-likeness (QED) is 0.111. The lowest BCUT2D eigenvalue weighted by atomic mass is 10.0. The SMILES string of the molecule is Nc1nc(/C(=N/O)C(=O)N[C@@H]2C(=O)N3C(C(=O)O)=C(/C=C4\CCN(c5ccc(O)cc5)C4=O)CS[C@H]23)cs1. The van der Waals surface area contributed by atoms with E-state index in [2.05, 4.69) is 15.5 Å². The smallest absolute Gasteiger partial charge is 0.352 e. The van der Waals surface area contributed by atoms with Gasteiger partial charge in [0.25, 0.3) is 17.7 Å². The van der Waals surface area contributed by atoms with Crippen LogP contribution in [0.15, 0.2) is 57.7 Å². The summed E-state index contributed by atoms with van der Waals surface area (Å²) in [7, 11) is 0. The highest BCUT2D eigenvalue weighted by Gasteiger charge is 2.54. The molecule has 0 saturated carbocycles. The summed E-state index contributed by atoms with van der Waals surface area (Å²) in [6.07, 6.45) is 1.89. The number of benzene rings is 1. The molecule has 0 bridgehead atoms. The molecule has 38 heavy (non-hydrogen) atoms. The molecule has 0 radical (unpaired) electrons. The maximum atomic E-state index is 13.0. The summed E-state index contributed by atoms with van der Waals surface area (Å²) in [5.74, 6) is -2.89. The number of anilines is 2. The van der Waals surface area contributed by atoms with Crippen molar-refractivity contribution in [1.82, 2.24) is 15.2 Å². The standard InChI is InChI=1S/C23H20N6O7S2/c24-23-25-14(9-38-23)15(27-36)18(31)26-16-20(33)29-17(22(34)35)11(8-37-21(16)29)7-10-5-6-28(19(10)32)12-1-3-13(30)4-2-12/h1-4,7,9,16,21,30,36H,5-6,8H2,(H2,24,25)(H,26,31)(H,34,35)/b10-7+,27-15-/t16-,21-/m1/s1. The third-order valence-corrected chi connectivity index (χ3v) is 8.18. The Balaban J connectivity index is 1.35. The second-order valence-electron chi connectivity index (χ2n) is 8.45. The molecule has 196 valence electrons. The number of aromatic hydroxyl groups is 1. The summed E-state index contributed by atoms with van der Waals surface area (Å²) in [5.41, 5.74) is 6.23. The lowest BCUT2D eigenvalue weighted by Gasteiger charge is -2.49. The number of nitrogen functional groups attached to an aromatic ring is 1. The highest BCUT2D eigenvalue weighted by Crippen LogP contribution is 2.41. The van der Waals surface area contributed by atoms with Gasteiger partial charge in [0.2, 0.25) is 0 Å². The number of hydrogen-bond acceptors (Lipinski definition) is 11. The predicted molar refractivity (Wildman–Crippen MR) is 138 cm³/mol. The van der Waals surface area contributed by atoms with Crippen molar-refractivity contribution < 1.29 is 34.6 Å². The number of carboxylic acids is 1. The van der Waals surface area contributed by atoms with Gasteiger partial charge in [0.1, 0.15) is 28.6 Å². The Labute approximate surface area is 222 Å². The molecular weight excluding hydrogens is 536 g/mol. The van der Waals surface area contributed by atoms with Gasteiger partial charge in [-0.25, -0.2) is 9.78 Å². The Hall–Kier alpha value is -4.37. The minimum absolute atomic E-state index is 0.0371. The summed E-state index contributed by atoms with van der Waals surface area (Å²) < 4.78 is 0. The highest BCUT2D eigenvalue weighted by atomic mass is 32.2. The van der Waals surface area contributed by atoms with Crippen molar-refractivity contribution in [1.29, 1.82) is 0 Å². The van der Waals surface area contributed by atoms with Crippen LogP contribution < -0.4 is 16.0 Å². The minimum atomic E-state index is -1.34. The van der Waals surface area contributed by atoms with Crippen LogP contribution >= 0.6 is 23.1 Å². The van der Waals surface area contributed by atoms with E-state index in [0.29, 0.717) is 29.8 Å². The van der Waals surface area contributed by atoms with Crippen molar-refractivity contribution in [2.45, 2.75) is 17.8 Å². The van der Waals surface area contributed by atoms with Crippen LogP contribution in [0.5, 0.6) is 5.75 Å². The largest absolute Gasteiger partial charge is 0.508 e. The van der Waals surface area contributed by atoms with Gasteiger partial charge in [-0.3, -0.25) is 19.3 Å². The van der Waals surface area contributed by atoms with E-state index in [1.165, 1.54) is 40.3 Å². The van der Waals surface area contributed by atoms with Crippen LogP contribution in [0.1, 0.15) is 12.1 Å². The number of aliphatic carboxylic acids is 1. The lowest BCUT2D eigenvalue weighted by Crippen LogP contribution is -2.71. The average molecular weight is 557 g/mol. The van der Waals surface area contributed by atoms with E-state index in [-0.39, 0.29) is 33.9 Å². The van der Waals surface area contributed by atoms with Crippen LogP contribution in [0.25, 0.3) is 0 Å². The van der Waals surface area contributed by atoms with Crippen molar-refractivity contribution in [3.63, 3.8) is 0 Å². The molecule has 1 aromatic heterocycles. The van der Waals surface area contributed by atoms with E-state index >= 15 is 0 Å². The molecule has 3 aliphatic rings. The van der Waals surface area contributed by atoms with Crippen molar-refractivity contribution in [3.05, 3.63) is 58.3 Å². The van der Waals surface area contributed by atoms with Gasteiger partial charge in [-0.2, -0.15) is 0 Å². The van der Waals surface area contributed by atoms with Crippen LogP contribution in [-0.2, 0) is 19.2 Å². The molecule has 5 rings (SSSR count). The third kappa shape index (κ3) is 4.35. The fraction of sp³-hybridized carbons (Fsp3) is 0.217. The van der Waals surface area contributed by atoms with Gasteiger partial charge in [-0.05, 0) is 42.3 Å². The van der Waals surface area contributed by atoms with Crippen LogP contribution in [0, 0.1) is 0 Å². The fourth-order valence-corrected chi connectivity index (χ4v) is 6.26. The Morgan fingerprint density at radius 1 is 1.24 bits per heavy atom. The Morgan fingerprint density at radius 2 is 1.97 bits per heavy atom. The van der Waals surface area contributed by atoms with E-state index in [1.807, 2.05) is 0 Å². The lowest BCUT2D eigenvalue weighted by molar-refractivity contribution is -0.150. The zero-order valence-electron chi connectivity index (χ0n) is 19.4. The number of carboxylic acid groups (broad SMARTS) is 1. The summed E-state index contributed by atoms with van der Waals surface area (Å²) in [6, 6.07) is 5.12. The Bertz CT molecular complexity index is 1450. The van der Waals surface area contributed by atoms with E-state index in [0.717, 1.165) is 16.2 Å². The van der Waals surface area contributed by atoms with Gasteiger partial charge in [0.15, 0.2) is 10.8 Å². The highest BCUT2D eigenvalue weighted by molar-refractivity contribution is 8.00. The first kappa shape index (κ1) is 25.3. The van der Waals surface area contributed by atoms with Gasteiger partial charge in [0, 0.05) is 28.9 Å². The van der Waals surface area contributed by atoms with Crippen LogP contribution in [0.2, 0.25) is 0 Å². The van der Waals surface area contributed by atoms with E-state index in [1.54, 1.807) is 12.1 Å². The molecule has 2 atom stereocenters. The predicted octanol–water partition coefficient (Wildman–Crippen LogP) is 0.711. The van der Waals surface area contributed by atoms with Crippen molar-refractivity contribution in [2.24, 2.45) is 5.16 Å². The van der Waals surface area contributed by atoms with Crippen molar-refractivity contribution in [2.75, 3.05) is 22.9 Å². The molecular formula is C23H20N6O7S2.